The van der Waals surface area contributed by atoms with Crippen LogP contribution >= 0.6 is 12.2 Å². The molecule has 0 amide bonds. The van der Waals surface area contributed by atoms with Crippen LogP contribution in [0.4, 0.5) is 10.1 Å². The molecule has 166 valence electrons. The molecule has 0 aliphatic carbocycles. The number of aryl methyl sites for hydroxylation is 1. The summed E-state index contributed by atoms with van der Waals surface area (Å²) >= 11 is 5.79. The molecule has 5 rings (SSSR count). The van der Waals surface area contributed by atoms with Crippen molar-refractivity contribution >= 4 is 23.0 Å². The molecule has 5 nitrogen and oxygen atoms in total. The van der Waals surface area contributed by atoms with E-state index >= 15 is 0 Å². The third kappa shape index (κ3) is 3.85. The predicted octanol–water partition coefficient (Wildman–Crippen LogP) is 5.51. The maximum absolute atomic E-state index is 14.1. The minimum absolute atomic E-state index is 0.184. The van der Waals surface area contributed by atoms with Gasteiger partial charge in [0, 0.05) is 29.5 Å². The first-order chi connectivity index (χ1) is 16.1. The van der Waals surface area contributed by atoms with Gasteiger partial charge >= 0.3 is 0 Å². The third-order valence-corrected chi connectivity index (χ3v) is 6.27. The van der Waals surface area contributed by atoms with E-state index in [9.17, 15) is 4.39 Å². The fraction of sp³-hybridized carbons (Fsp3) is 0.154. The molecular weight excluding hydrogens is 435 g/mol. The van der Waals surface area contributed by atoms with Crippen LogP contribution in [0.3, 0.4) is 0 Å². The normalized spacial score (nSPS) is 17.8. The number of methoxy groups -OCH3 is 1. The molecule has 0 radical (unpaired) electrons. The third-order valence-electron chi connectivity index (χ3n) is 5.95. The number of nitrogens with one attached hydrogen (secondary N) is 1. The quantitative estimate of drug-likeness (QED) is 0.400. The van der Waals surface area contributed by atoms with Gasteiger partial charge in [0.2, 0.25) is 0 Å². The molecule has 2 atom stereocenters. The summed E-state index contributed by atoms with van der Waals surface area (Å²) in [5.41, 5.74) is 4.32. The largest absolute Gasteiger partial charge is 0.497 e. The highest BCUT2D eigenvalue weighted by Crippen LogP contribution is 2.42. The van der Waals surface area contributed by atoms with Gasteiger partial charge in [-0.2, -0.15) is 0 Å². The SMILES string of the molecule is COc1ccc(-n2cccc2[C@@H]2[C@@H](c3ccccn3)NC(=S)N2c2ccc(F)c(C)c2)cc1. The number of aromatic nitrogens is 2. The zero-order valence-electron chi connectivity index (χ0n) is 18.3. The van der Waals surface area contributed by atoms with Crippen LogP contribution in [-0.4, -0.2) is 21.8 Å². The first kappa shape index (κ1) is 21.2. The average Bonchev–Trinajstić information content (AvgIpc) is 3.46. The molecule has 0 saturated carbocycles. The van der Waals surface area contributed by atoms with Crippen molar-refractivity contribution in [3.05, 3.63) is 108 Å². The van der Waals surface area contributed by atoms with Gasteiger partial charge in [0.05, 0.1) is 18.8 Å². The summed E-state index contributed by atoms with van der Waals surface area (Å²) < 4.78 is 21.5. The predicted molar refractivity (Wildman–Crippen MR) is 131 cm³/mol. The number of thiocarbonyl (C=S) groups is 1. The van der Waals surface area contributed by atoms with Gasteiger partial charge < -0.3 is 19.5 Å². The summed E-state index contributed by atoms with van der Waals surface area (Å²) in [6.45, 7) is 1.76. The highest BCUT2D eigenvalue weighted by molar-refractivity contribution is 7.80. The minimum Gasteiger partial charge on any atom is -0.497 e. The van der Waals surface area contributed by atoms with Crippen molar-refractivity contribution < 1.29 is 9.13 Å². The van der Waals surface area contributed by atoms with E-state index in [0.717, 1.165) is 28.5 Å². The molecule has 1 saturated heterocycles. The Morgan fingerprint density at radius 1 is 1.00 bits per heavy atom. The van der Waals surface area contributed by atoms with E-state index in [1.165, 1.54) is 6.07 Å². The zero-order valence-corrected chi connectivity index (χ0v) is 19.1. The number of anilines is 1. The maximum atomic E-state index is 14.1. The van der Waals surface area contributed by atoms with Crippen LogP contribution in [0.5, 0.6) is 5.75 Å². The average molecular weight is 459 g/mol. The Balaban J connectivity index is 1.65. The second-order valence-electron chi connectivity index (χ2n) is 7.93. The lowest BCUT2D eigenvalue weighted by Crippen LogP contribution is -2.30. The second kappa shape index (κ2) is 8.67. The molecule has 1 aliphatic rings. The number of hydrogen-bond acceptors (Lipinski definition) is 3. The van der Waals surface area contributed by atoms with Gasteiger partial charge in [-0.05, 0) is 91.4 Å². The summed E-state index contributed by atoms with van der Waals surface area (Å²) in [5.74, 6) is 0.558. The Morgan fingerprint density at radius 3 is 2.48 bits per heavy atom. The van der Waals surface area contributed by atoms with Crippen molar-refractivity contribution in [2.75, 3.05) is 12.0 Å². The van der Waals surface area contributed by atoms with E-state index in [0.29, 0.717) is 10.7 Å². The summed E-state index contributed by atoms with van der Waals surface area (Å²) in [6.07, 6.45) is 3.81. The van der Waals surface area contributed by atoms with E-state index in [1.54, 1.807) is 26.3 Å². The van der Waals surface area contributed by atoms with Gasteiger partial charge in [-0.15, -0.1) is 0 Å². The molecule has 4 aromatic rings. The topological polar surface area (TPSA) is 42.3 Å². The number of hydrogen-bond donors (Lipinski definition) is 1. The van der Waals surface area contributed by atoms with Crippen molar-refractivity contribution in [2.24, 2.45) is 0 Å². The van der Waals surface area contributed by atoms with Crippen LogP contribution in [-0.2, 0) is 0 Å². The van der Waals surface area contributed by atoms with Gasteiger partial charge in [0.1, 0.15) is 17.6 Å². The molecular formula is C26H23FN4OS. The first-order valence-corrected chi connectivity index (χ1v) is 11.1. The molecule has 2 aromatic carbocycles. The first-order valence-electron chi connectivity index (χ1n) is 10.7. The Morgan fingerprint density at radius 2 is 1.79 bits per heavy atom. The molecule has 1 aliphatic heterocycles. The lowest BCUT2D eigenvalue weighted by atomic mass is 10.0. The number of ether oxygens (including phenoxy) is 1. The number of nitrogens with zero attached hydrogens (tertiary/aromatic N) is 3. The Hall–Kier alpha value is -3.71. The van der Waals surface area contributed by atoms with E-state index < -0.39 is 0 Å². The second-order valence-corrected chi connectivity index (χ2v) is 8.32. The Kier molecular flexibility index (Phi) is 5.56. The Labute approximate surface area is 197 Å². The summed E-state index contributed by atoms with van der Waals surface area (Å²) in [6, 6.07) is 22.6. The van der Waals surface area contributed by atoms with E-state index in [4.69, 9.17) is 17.0 Å². The summed E-state index contributed by atoms with van der Waals surface area (Å²) in [4.78, 5) is 6.66. The van der Waals surface area contributed by atoms with E-state index in [-0.39, 0.29) is 17.9 Å². The highest BCUT2D eigenvalue weighted by atomic mass is 32.1. The van der Waals surface area contributed by atoms with Crippen LogP contribution < -0.4 is 15.0 Å². The molecule has 1 fully saturated rings. The fourth-order valence-corrected chi connectivity index (χ4v) is 4.67. The van der Waals surface area contributed by atoms with Gasteiger partial charge in [0.15, 0.2) is 5.11 Å². The lowest BCUT2D eigenvalue weighted by molar-refractivity contribution is 0.414. The van der Waals surface area contributed by atoms with E-state index in [2.05, 4.69) is 25.8 Å². The molecule has 0 bridgehead atoms. The van der Waals surface area contributed by atoms with Crippen molar-refractivity contribution in [2.45, 2.75) is 19.0 Å². The van der Waals surface area contributed by atoms with Crippen LogP contribution in [0.25, 0.3) is 5.69 Å². The lowest BCUT2D eigenvalue weighted by Gasteiger charge is -2.29. The van der Waals surface area contributed by atoms with Crippen LogP contribution in [0.2, 0.25) is 0 Å². The van der Waals surface area contributed by atoms with Crippen LogP contribution in [0.1, 0.15) is 29.0 Å². The summed E-state index contributed by atoms with van der Waals surface area (Å²) in [5, 5.41) is 4.03. The van der Waals surface area contributed by atoms with Crippen molar-refractivity contribution in [1.82, 2.24) is 14.9 Å². The van der Waals surface area contributed by atoms with Crippen molar-refractivity contribution in [3.63, 3.8) is 0 Å². The van der Waals surface area contributed by atoms with Crippen molar-refractivity contribution in [3.8, 4) is 11.4 Å². The number of pyridine rings is 1. The minimum atomic E-state index is -0.240. The number of benzene rings is 2. The number of halogens is 1. The molecule has 3 heterocycles. The van der Waals surface area contributed by atoms with Gasteiger partial charge in [-0.1, -0.05) is 6.07 Å². The van der Waals surface area contributed by atoms with E-state index in [1.807, 2.05) is 60.8 Å². The zero-order chi connectivity index (χ0) is 22.9. The Bertz CT molecular complexity index is 1290. The molecule has 2 aromatic heterocycles. The monoisotopic (exact) mass is 458 g/mol. The van der Waals surface area contributed by atoms with Crippen LogP contribution in [0, 0.1) is 12.7 Å². The van der Waals surface area contributed by atoms with Crippen molar-refractivity contribution in [1.29, 1.82) is 0 Å². The number of rotatable bonds is 5. The van der Waals surface area contributed by atoms with Gasteiger partial charge in [0.25, 0.3) is 0 Å². The van der Waals surface area contributed by atoms with Crippen LogP contribution in [0.15, 0.2) is 85.2 Å². The van der Waals surface area contributed by atoms with Gasteiger partial charge in [-0.3, -0.25) is 4.98 Å². The fourth-order valence-electron chi connectivity index (χ4n) is 4.33. The highest BCUT2D eigenvalue weighted by Gasteiger charge is 2.42. The molecule has 0 spiro atoms. The summed E-state index contributed by atoms with van der Waals surface area (Å²) in [7, 11) is 1.65. The molecule has 7 heteroatoms. The smallest absolute Gasteiger partial charge is 0.174 e. The maximum Gasteiger partial charge on any atom is 0.174 e. The molecule has 33 heavy (non-hydrogen) atoms. The van der Waals surface area contributed by atoms with Gasteiger partial charge in [-0.25, -0.2) is 4.39 Å². The standard InChI is InChI=1S/C26H23FN4OS/c1-17-16-19(10-13-21(17)27)31-25(24(29-26(31)33)22-6-3-4-14-28-22)23-7-5-15-30(23)18-8-11-20(32-2)12-9-18/h3-16,24-25H,1-2H3,(H,29,33)/t24-,25-/m1/s1. The molecule has 0 unspecified atom stereocenters. The molecule has 1 N–H and O–H groups in total.